The molecule has 252 valence electrons. The topological polar surface area (TPSA) is 44.8 Å². The second-order valence-corrected chi connectivity index (χ2v) is 26.5. The highest BCUT2D eigenvalue weighted by Gasteiger charge is 2.48. The van der Waals surface area contributed by atoms with Gasteiger partial charge in [0.1, 0.15) is 0 Å². The fourth-order valence-corrected chi connectivity index (χ4v) is 8.66. The minimum atomic E-state index is -1.95. The van der Waals surface area contributed by atoms with Crippen molar-refractivity contribution >= 4 is 22.6 Å². The van der Waals surface area contributed by atoms with E-state index in [-0.39, 0.29) is 28.3 Å². The Balaban J connectivity index is 2.34. The minimum Gasteiger partial charge on any atom is -0.469 e. The molecule has 2 rings (SSSR count). The molecule has 0 N–H and O–H groups in total. The molecule has 0 saturated heterocycles. The summed E-state index contributed by atoms with van der Waals surface area (Å²) in [4.78, 5) is 11.5. The fourth-order valence-electron chi connectivity index (χ4n) is 6.01. The molecule has 1 saturated carbocycles. The van der Waals surface area contributed by atoms with Crippen molar-refractivity contribution in [2.45, 2.75) is 156 Å². The summed E-state index contributed by atoms with van der Waals surface area (Å²) >= 11 is 0. The number of methoxy groups -OCH3 is 1. The van der Waals surface area contributed by atoms with Crippen molar-refractivity contribution in [2.24, 2.45) is 23.7 Å². The van der Waals surface area contributed by atoms with E-state index in [1.54, 1.807) is 0 Å². The van der Waals surface area contributed by atoms with Gasteiger partial charge >= 0.3 is 5.97 Å². The highest BCUT2D eigenvalue weighted by atomic mass is 28.4. The van der Waals surface area contributed by atoms with Crippen molar-refractivity contribution in [1.82, 2.24) is 0 Å². The highest BCUT2D eigenvalue weighted by Crippen LogP contribution is 2.51. The van der Waals surface area contributed by atoms with Crippen LogP contribution in [0.5, 0.6) is 0 Å². The Bertz CT molecular complexity index is 1050. The summed E-state index contributed by atoms with van der Waals surface area (Å²) in [6.45, 7) is 30.4. The Labute approximate surface area is 274 Å². The van der Waals surface area contributed by atoms with Crippen LogP contribution in [-0.2, 0) is 18.4 Å². The van der Waals surface area contributed by atoms with Gasteiger partial charge in [0.05, 0.1) is 19.3 Å². The van der Waals surface area contributed by atoms with E-state index in [4.69, 9.17) is 13.6 Å². The minimum absolute atomic E-state index is 0.122. The molecule has 2 aliphatic carbocycles. The lowest BCUT2D eigenvalue weighted by Gasteiger charge is -2.40. The number of carbonyl (C=O) groups is 1. The summed E-state index contributed by atoms with van der Waals surface area (Å²) in [5.41, 5.74) is 2.80. The van der Waals surface area contributed by atoms with E-state index in [2.05, 4.69) is 125 Å². The number of esters is 1. The maximum atomic E-state index is 11.5. The third-order valence-electron chi connectivity index (χ3n) is 10.9. The summed E-state index contributed by atoms with van der Waals surface area (Å²) in [7, 11) is -2.42. The molecule has 0 spiro atoms. The first-order chi connectivity index (χ1) is 20.2. The van der Waals surface area contributed by atoms with Crippen molar-refractivity contribution in [3.8, 4) is 0 Å². The van der Waals surface area contributed by atoms with Crippen molar-refractivity contribution in [3.63, 3.8) is 0 Å². The molecule has 0 radical (unpaired) electrons. The first-order valence-electron chi connectivity index (χ1n) is 17.3. The van der Waals surface area contributed by atoms with Gasteiger partial charge in [0.15, 0.2) is 16.6 Å². The molecule has 6 heteroatoms. The Morgan fingerprint density at radius 2 is 1.66 bits per heavy atom. The molecule has 0 aliphatic heterocycles. The average molecular weight is 645 g/mol. The number of hydrogen-bond acceptors (Lipinski definition) is 4. The van der Waals surface area contributed by atoms with Crippen molar-refractivity contribution < 1.29 is 18.4 Å². The number of carbonyl (C=O) groups excluding carboxylic acids is 1. The van der Waals surface area contributed by atoms with Gasteiger partial charge in [0, 0.05) is 12.3 Å². The van der Waals surface area contributed by atoms with Crippen LogP contribution >= 0.6 is 0 Å². The van der Waals surface area contributed by atoms with E-state index in [1.165, 1.54) is 24.7 Å². The first-order valence-corrected chi connectivity index (χ1v) is 23.1. The lowest BCUT2D eigenvalue weighted by Crippen LogP contribution is -2.45. The quantitative estimate of drug-likeness (QED) is 0.101. The monoisotopic (exact) mass is 644 g/mol. The van der Waals surface area contributed by atoms with Crippen LogP contribution in [0.4, 0.5) is 0 Å². The molecule has 4 nitrogen and oxygen atoms in total. The Hall–Kier alpha value is -1.22. The third kappa shape index (κ3) is 11.5. The average Bonchev–Trinajstić information content (AvgIpc) is 3.39. The Morgan fingerprint density at radius 1 is 1.02 bits per heavy atom. The molecule has 0 heterocycles. The lowest BCUT2D eigenvalue weighted by molar-refractivity contribution is -0.140. The normalized spacial score (nSPS) is 24.5. The zero-order chi connectivity index (χ0) is 33.5. The number of rotatable bonds is 15. The second kappa shape index (κ2) is 16.1. The predicted octanol–water partition coefficient (Wildman–Crippen LogP) is 11.2. The summed E-state index contributed by atoms with van der Waals surface area (Å²) in [6.07, 6.45) is 21.2. The standard InChI is InChI=1S/C38H68O4Si2/c1-28(2)18-17-19-29(3)24-32(41-43(11,12)37(4,5)6)22-23-33-34-26-30(20-15-16-21-36(39)40-10)25-31(34)27-35(33)42-44(13,14)38(7,8)9/h15,18,20,22-23,25,29,31-35H,16-17,19,21,24,26-27H2,1-14H3/b20-15?,23-22-/t29-,31+,32-,33+,34+,35-/m1/s1. The molecule has 6 atom stereocenters. The summed E-state index contributed by atoms with van der Waals surface area (Å²) < 4.78 is 19.1. The second-order valence-electron chi connectivity index (χ2n) is 17.0. The molecule has 2 aliphatic rings. The molecule has 1 fully saturated rings. The van der Waals surface area contributed by atoms with Gasteiger partial charge in [-0.25, -0.2) is 0 Å². The van der Waals surface area contributed by atoms with E-state index in [1.807, 2.05) is 0 Å². The molecular formula is C38H68O4Si2. The molecule has 0 bridgehead atoms. The van der Waals surface area contributed by atoms with Gasteiger partial charge in [-0.3, -0.25) is 4.79 Å². The number of hydrogen-bond donors (Lipinski definition) is 0. The van der Waals surface area contributed by atoms with Gasteiger partial charge in [-0.05, 0) is 106 Å². The molecular weight excluding hydrogens is 577 g/mol. The zero-order valence-electron chi connectivity index (χ0n) is 31.0. The number of ether oxygens (including phenoxy) is 1. The van der Waals surface area contributed by atoms with Gasteiger partial charge in [-0.1, -0.05) is 96.1 Å². The van der Waals surface area contributed by atoms with Crippen LogP contribution in [0.1, 0.15) is 107 Å². The maximum absolute atomic E-state index is 11.5. The van der Waals surface area contributed by atoms with Gasteiger partial charge in [-0.2, -0.15) is 0 Å². The van der Waals surface area contributed by atoms with E-state index >= 15 is 0 Å². The number of allylic oxidation sites excluding steroid dienone is 6. The Kier molecular flexibility index (Phi) is 14.2. The van der Waals surface area contributed by atoms with Gasteiger partial charge in [-0.15, -0.1) is 0 Å². The molecule has 0 unspecified atom stereocenters. The van der Waals surface area contributed by atoms with Crippen LogP contribution in [-0.4, -0.2) is 41.9 Å². The van der Waals surface area contributed by atoms with E-state index in [0.717, 1.165) is 32.1 Å². The maximum Gasteiger partial charge on any atom is 0.305 e. The van der Waals surface area contributed by atoms with Gasteiger partial charge in [0.25, 0.3) is 0 Å². The summed E-state index contributed by atoms with van der Waals surface area (Å²) in [5.74, 6) is 1.89. The predicted molar refractivity (Wildman–Crippen MR) is 194 cm³/mol. The first kappa shape index (κ1) is 39.0. The van der Waals surface area contributed by atoms with Gasteiger partial charge in [0.2, 0.25) is 0 Å². The largest absolute Gasteiger partial charge is 0.469 e. The third-order valence-corrected chi connectivity index (χ3v) is 19.9. The number of fused-ring (bicyclic) bond motifs is 1. The smallest absolute Gasteiger partial charge is 0.305 e. The fraction of sp³-hybridized carbons (Fsp3) is 0.763. The van der Waals surface area contributed by atoms with Crippen LogP contribution in [0.25, 0.3) is 0 Å². The van der Waals surface area contributed by atoms with Crippen LogP contribution in [0, 0.1) is 23.7 Å². The van der Waals surface area contributed by atoms with E-state index in [0.29, 0.717) is 30.1 Å². The van der Waals surface area contributed by atoms with Crippen molar-refractivity contribution in [3.05, 3.63) is 47.6 Å². The molecule has 0 aromatic heterocycles. The molecule has 44 heavy (non-hydrogen) atoms. The summed E-state index contributed by atoms with van der Waals surface area (Å²) in [5, 5.41) is 0.346. The molecule has 0 aromatic rings. The van der Waals surface area contributed by atoms with Gasteiger partial charge < -0.3 is 13.6 Å². The van der Waals surface area contributed by atoms with Crippen LogP contribution in [0.3, 0.4) is 0 Å². The highest BCUT2D eigenvalue weighted by molar-refractivity contribution is 6.74. The lowest BCUT2D eigenvalue weighted by atomic mass is 9.88. The van der Waals surface area contributed by atoms with Crippen LogP contribution in [0.2, 0.25) is 36.3 Å². The molecule has 0 aromatic carbocycles. The van der Waals surface area contributed by atoms with Crippen molar-refractivity contribution in [1.29, 1.82) is 0 Å². The van der Waals surface area contributed by atoms with Crippen LogP contribution < -0.4 is 0 Å². The van der Waals surface area contributed by atoms with E-state index < -0.39 is 16.6 Å². The van der Waals surface area contributed by atoms with E-state index in [9.17, 15) is 4.79 Å². The SMILES string of the molecule is COC(=O)CCC=CC1=C[C@H]2C[C@@H](O[Si](C)(C)C(C)(C)C)[C@@H](/C=C\[C@H](C[C@H](C)CCC=C(C)C)O[Si](C)(C)C(C)(C)C)[C@H]2C1. The van der Waals surface area contributed by atoms with Crippen LogP contribution in [0.15, 0.2) is 47.6 Å². The van der Waals surface area contributed by atoms with Crippen molar-refractivity contribution in [2.75, 3.05) is 7.11 Å². The molecule has 0 amide bonds. The summed E-state index contributed by atoms with van der Waals surface area (Å²) in [6, 6.07) is 0. The Morgan fingerprint density at radius 3 is 2.23 bits per heavy atom. The zero-order valence-corrected chi connectivity index (χ0v) is 33.0.